The smallest absolute Gasteiger partial charge is 0.328 e. The van der Waals surface area contributed by atoms with Crippen LogP contribution in [0.25, 0.3) is 0 Å². The number of rotatable bonds is 5. The summed E-state index contributed by atoms with van der Waals surface area (Å²) in [6.45, 7) is 1.47. The van der Waals surface area contributed by atoms with Crippen molar-refractivity contribution in [1.82, 2.24) is 0 Å². The van der Waals surface area contributed by atoms with E-state index in [-0.39, 0.29) is 16.9 Å². The Morgan fingerprint density at radius 1 is 1.09 bits per heavy atom. The van der Waals surface area contributed by atoms with Gasteiger partial charge < -0.3 is 21.3 Å². The molecule has 2 rings (SSSR count). The van der Waals surface area contributed by atoms with Crippen LogP contribution in [0.3, 0.4) is 0 Å². The fraction of sp³-hybridized carbons (Fsp3) is 0.176. The molecular weight excluding hydrogens is 296 g/mol. The van der Waals surface area contributed by atoms with E-state index in [1.54, 1.807) is 42.5 Å². The first-order chi connectivity index (χ1) is 10.9. The summed E-state index contributed by atoms with van der Waals surface area (Å²) in [6, 6.07) is 13.5. The van der Waals surface area contributed by atoms with Crippen molar-refractivity contribution in [3.63, 3.8) is 0 Å². The first-order valence-electron chi connectivity index (χ1n) is 7.02. The van der Waals surface area contributed by atoms with Crippen LogP contribution in [-0.4, -0.2) is 23.0 Å². The highest BCUT2D eigenvalue weighted by Gasteiger charge is 2.40. The van der Waals surface area contributed by atoms with Crippen LogP contribution >= 0.6 is 0 Å². The van der Waals surface area contributed by atoms with E-state index in [2.05, 4.69) is 0 Å². The first kappa shape index (κ1) is 16.7. The third kappa shape index (κ3) is 3.23. The predicted molar refractivity (Wildman–Crippen MR) is 84.4 cm³/mol. The maximum Gasteiger partial charge on any atom is 0.328 e. The van der Waals surface area contributed by atoms with Gasteiger partial charge in [-0.1, -0.05) is 48.5 Å². The van der Waals surface area contributed by atoms with E-state index in [1.165, 1.54) is 19.1 Å². The number of amides is 1. The van der Waals surface area contributed by atoms with Crippen LogP contribution in [-0.2, 0) is 15.2 Å². The average molecular weight is 314 g/mol. The molecule has 0 heterocycles. The van der Waals surface area contributed by atoms with Gasteiger partial charge in [-0.3, -0.25) is 4.79 Å². The molecule has 1 amide bonds. The van der Waals surface area contributed by atoms with Gasteiger partial charge >= 0.3 is 5.97 Å². The molecule has 0 aromatic heterocycles. The molecule has 0 saturated heterocycles. The minimum absolute atomic E-state index is 0.0277. The Morgan fingerprint density at radius 3 is 2.22 bits per heavy atom. The number of primary amides is 1. The molecule has 2 aromatic rings. The van der Waals surface area contributed by atoms with E-state index in [0.29, 0.717) is 0 Å². The van der Waals surface area contributed by atoms with Gasteiger partial charge in [-0.2, -0.15) is 0 Å². The largest absolute Gasteiger partial charge is 0.425 e. The summed E-state index contributed by atoms with van der Waals surface area (Å²) in [7, 11) is 0. The number of ether oxygens (including phenoxy) is 1. The van der Waals surface area contributed by atoms with E-state index >= 15 is 0 Å². The highest BCUT2D eigenvalue weighted by Crippen LogP contribution is 2.35. The van der Waals surface area contributed by atoms with E-state index < -0.39 is 23.5 Å². The Balaban J connectivity index is 2.58. The summed E-state index contributed by atoms with van der Waals surface area (Å²) in [4.78, 5) is 23.8. The Morgan fingerprint density at radius 2 is 1.65 bits per heavy atom. The molecule has 2 aromatic carbocycles. The van der Waals surface area contributed by atoms with Crippen LogP contribution in [0.4, 0.5) is 0 Å². The Labute approximate surface area is 133 Å². The molecule has 0 bridgehead atoms. The lowest BCUT2D eigenvalue weighted by Gasteiger charge is -2.27. The molecule has 0 spiro atoms. The molecule has 6 heteroatoms. The topological polar surface area (TPSA) is 116 Å². The van der Waals surface area contributed by atoms with Crippen LogP contribution < -0.4 is 16.2 Å². The van der Waals surface area contributed by atoms with Gasteiger partial charge in [0, 0.05) is 5.56 Å². The standard InChI is InChI=1S/C17H18N2O4/c1-11(18)15(20)23-14-10-6-5-9-13(14)17(22,16(19)21)12-7-3-2-4-8-12/h2-11,22H,18H2,1H3,(H2,19,21)/t11-,17?/m0/s1. The molecule has 0 saturated carbocycles. The van der Waals surface area contributed by atoms with Gasteiger partial charge in [-0.05, 0) is 18.6 Å². The van der Waals surface area contributed by atoms with Crippen molar-refractivity contribution in [1.29, 1.82) is 0 Å². The van der Waals surface area contributed by atoms with Gasteiger partial charge in [0.05, 0.1) is 0 Å². The number of hydrogen-bond acceptors (Lipinski definition) is 5. The fourth-order valence-corrected chi connectivity index (χ4v) is 2.17. The van der Waals surface area contributed by atoms with Gasteiger partial charge in [0.25, 0.3) is 5.91 Å². The van der Waals surface area contributed by atoms with Crippen molar-refractivity contribution in [3.8, 4) is 5.75 Å². The predicted octanol–water partition coefficient (Wildman–Crippen LogP) is 0.660. The van der Waals surface area contributed by atoms with Gasteiger partial charge in [-0.15, -0.1) is 0 Å². The number of benzene rings is 2. The third-order valence-electron chi connectivity index (χ3n) is 3.41. The molecule has 5 N–H and O–H groups in total. The fourth-order valence-electron chi connectivity index (χ4n) is 2.17. The third-order valence-corrected chi connectivity index (χ3v) is 3.41. The summed E-state index contributed by atoms with van der Waals surface area (Å²) in [5.41, 5.74) is 9.15. The molecule has 0 aliphatic carbocycles. The van der Waals surface area contributed by atoms with Crippen molar-refractivity contribution in [2.75, 3.05) is 0 Å². The average Bonchev–Trinajstić information content (AvgIpc) is 2.55. The lowest BCUT2D eigenvalue weighted by molar-refractivity contribution is -0.137. The molecule has 0 aliphatic rings. The highest BCUT2D eigenvalue weighted by atomic mass is 16.5. The lowest BCUT2D eigenvalue weighted by Crippen LogP contribution is -2.43. The second-order valence-corrected chi connectivity index (χ2v) is 5.15. The number of nitrogens with two attached hydrogens (primary N) is 2. The molecule has 23 heavy (non-hydrogen) atoms. The van der Waals surface area contributed by atoms with Crippen LogP contribution in [0.1, 0.15) is 18.1 Å². The molecule has 6 nitrogen and oxygen atoms in total. The molecule has 1 unspecified atom stereocenters. The Hall–Kier alpha value is -2.70. The van der Waals surface area contributed by atoms with Crippen molar-refractivity contribution in [3.05, 3.63) is 65.7 Å². The Bertz CT molecular complexity index is 716. The summed E-state index contributed by atoms with van der Waals surface area (Å²) >= 11 is 0. The number of carbonyl (C=O) groups excluding carboxylic acids is 2. The van der Waals surface area contributed by atoms with E-state index in [0.717, 1.165) is 0 Å². The second-order valence-electron chi connectivity index (χ2n) is 5.15. The second kappa shape index (κ2) is 6.60. The van der Waals surface area contributed by atoms with Crippen molar-refractivity contribution >= 4 is 11.9 Å². The number of carbonyl (C=O) groups is 2. The van der Waals surface area contributed by atoms with Crippen molar-refractivity contribution in [2.45, 2.75) is 18.6 Å². The zero-order chi connectivity index (χ0) is 17.0. The maximum absolute atomic E-state index is 12.0. The van der Waals surface area contributed by atoms with Crippen LogP contribution in [0.2, 0.25) is 0 Å². The SMILES string of the molecule is C[C@H](N)C(=O)Oc1ccccc1C(O)(C(N)=O)c1ccccc1. The Kier molecular flexibility index (Phi) is 4.78. The van der Waals surface area contributed by atoms with E-state index in [1.807, 2.05) is 0 Å². The first-order valence-corrected chi connectivity index (χ1v) is 7.02. The number of para-hydroxylation sites is 1. The van der Waals surface area contributed by atoms with Gasteiger partial charge in [0.1, 0.15) is 11.8 Å². The zero-order valence-corrected chi connectivity index (χ0v) is 12.6. The summed E-state index contributed by atoms with van der Waals surface area (Å²) < 4.78 is 5.19. The molecule has 120 valence electrons. The van der Waals surface area contributed by atoms with Crippen LogP contribution in [0.15, 0.2) is 54.6 Å². The van der Waals surface area contributed by atoms with E-state index in [9.17, 15) is 14.7 Å². The monoisotopic (exact) mass is 314 g/mol. The molecular formula is C17H18N2O4. The van der Waals surface area contributed by atoms with Gasteiger partial charge in [-0.25, -0.2) is 4.79 Å². The molecule has 0 aliphatic heterocycles. The van der Waals surface area contributed by atoms with Crippen LogP contribution in [0, 0.1) is 0 Å². The minimum atomic E-state index is -2.13. The highest BCUT2D eigenvalue weighted by molar-refractivity contribution is 5.90. The molecule has 2 atom stereocenters. The molecule has 0 fully saturated rings. The van der Waals surface area contributed by atoms with Gasteiger partial charge in [0.2, 0.25) is 0 Å². The lowest BCUT2D eigenvalue weighted by atomic mass is 9.85. The maximum atomic E-state index is 12.0. The summed E-state index contributed by atoms with van der Waals surface area (Å²) in [6.07, 6.45) is 0. The van der Waals surface area contributed by atoms with Crippen LogP contribution in [0.5, 0.6) is 5.75 Å². The van der Waals surface area contributed by atoms with Gasteiger partial charge in [0.15, 0.2) is 5.60 Å². The number of esters is 1. The van der Waals surface area contributed by atoms with Crippen molar-refractivity contribution in [2.24, 2.45) is 11.5 Å². The van der Waals surface area contributed by atoms with Crippen molar-refractivity contribution < 1.29 is 19.4 Å². The quantitative estimate of drug-likeness (QED) is 0.554. The zero-order valence-electron chi connectivity index (χ0n) is 12.6. The van der Waals surface area contributed by atoms with E-state index in [4.69, 9.17) is 16.2 Å². The summed E-state index contributed by atoms with van der Waals surface area (Å²) in [5.74, 6) is -1.63. The normalized spacial score (nSPS) is 14.6. The summed E-state index contributed by atoms with van der Waals surface area (Å²) in [5, 5.41) is 11.0. The number of aliphatic hydroxyl groups is 1. The minimum Gasteiger partial charge on any atom is -0.425 e. The molecule has 0 radical (unpaired) electrons. The number of hydrogen-bond donors (Lipinski definition) is 3.